The molecule has 15 heavy (non-hydrogen) atoms. The molecule has 1 aromatic carbocycles. The van der Waals surface area contributed by atoms with Gasteiger partial charge in [0.25, 0.3) is 0 Å². The molecule has 78 valence electrons. The summed E-state index contributed by atoms with van der Waals surface area (Å²) in [4.78, 5) is 4.51. The van der Waals surface area contributed by atoms with Crippen molar-refractivity contribution in [2.45, 2.75) is 18.4 Å². The molecule has 0 bridgehead atoms. The van der Waals surface area contributed by atoms with Crippen LogP contribution in [-0.2, 0) is 6.42 Å². The second kappa shape index (κ2) is 4.11. The van der Waals surface area contributed by atoms with Crippen molar-refractivity contribution in [2.75, 3.05) is 12.0 Å². The van der Waals surface area contributed by atoms with Gasteiger partial charge in [0.1, 0.15) is 5.03 Å². The van der Waals surface area contributed by atoms with E-state index in [4.69, 9.17) is 5.73 Å². The third-order valence-electron chi connectivity index (χ3n) is 2.47. The van der Waals surface area contributed by atoms with Crippen LogP contribution in [0.5, 0.6) is 0 Å². The highest BCUT2D eigenvalue weighted by Gasteiger charge is 2.03. The normalized spacial score (nSPS) is 10.8. The Hall–Kier alpha value is -1.22. The summed E-state index contributed by atoms with van der Waals surface area (Å²) < 4.78 is 0. The molecule has 0 saturated carbocycles. The van der Waals surface area contributed by atoms with E-state index < -0.39 is 0 Å². The van der Waals surface area contributed by atoms with Crippen LogP contribution in [0, 0.1) is 0 Å². The van der Waals surface area contributed by atoms with Crippen LogP contribution in [0.25, 0.3) is 10.9 Å². The van der Waals surface area contributed by atoms with Crippen LogP contribution >= 0.6 is 11.8 Å². The molecule has 0 spiro atoms. The minimum absolute atomic E-state index is 0.767. The lowest BCUT2D eigenvalue weighted by atomic mass is 10.1. The summed E-state index contributed by atoms with van der Waals surface area (Å²) >= 11 is 1.58. The fraction of sp³-hybridized carbons (Fsp3) is 0.250. The number of pyridine rings is 1. The van der Waals surface area contributed by atoms with E-state index in [9.17, 15) is 0 Å². The maximum absolute atomic E-state index is 5.91. The van der Waals surface area contributed by atoms with Crippen LogP contribution < -0.4 is 5.73 Å². The number of hydrogen-bond donors (Lipinski definition) is 1. The molecule has 0 amide bonds. The van der Waals surface area contributed by atoms with Gasteiger partial charge in [0.15, 0.2) is 0 Å². The van der Waals surface area contributed by atoms with E-state index in [0.717, 1.165) is 28.0 Å². The number of nitrogens with two attached hydrogens (primary N) is 1. The molecule has 0 unspecified atom stereocenters. The third-order valence-corrected chi connectivity index (χ3v) is 3.19. The summed E-state index contributed by atoms with van der Waals surface area (Å²) in [7, 11) is 0. The number of aromatic nitrogens is 1. The monoisotopic (exact) mass is 218 g/mol. The Kier molecular flexibility index (Phi) is 2.82. The van der Waals surface area contributed by atoms with E-state index in [-0.39, 0.29) is 0 Å². The number of benzene rings is 1. The molecular weight excluding hydrogens is 204 g/mol. The molecule has 0 fully saturated rings. The quantitative estimate of drug-likeness (QED) is 0.787. The van der Waals surface area contributed by atoms with Gasteiger partial charge in [0.05, 0.1) is 11.2 Å². The van der Waals surface area contributed by atoms with Crippen LogP contribution in [0.3, 0.4) is 0 Å². The first-order valence-electron chi connectivity index (χ1n) is 4.97. The highest BCUT2D eigenvalue weighted by molar-refractivity contribution is 7.98. The first kappa shape index (κ1) is 10.3. The topological polar surface area (TPSA) is 38.9 Å². The molecule has 0 aliphatic carbocycles. The van der Waals surface area contributed by atoms with Gasteiger partial charge >= 0.3 is 0 Å². The lowest BCUT2D eigenvalue weighted by molar-refractivity contribution is 1.14. The third kappa shape index (κ3) is 1.92. The number of hydrogen-bond acceptors (Lipinski definition) is 3. The first-order chi connectivity index (χ1) is 7.24. The predicted octanol–water partition coefficient (Wildman–Crippen LogP) is 3.10. The predicted molar refractivity (Wildman–Crippen MR) is 67.3 cm³/mol. The second-order valence-electron chi connectivity index (χ2n) is 3.47. The largest absolute Gasteiger partial charge is 0.397 e. The number of thioether (sulfide) groups is 1. The van der Waals surface area contributed by atoms with Crippen molar-refractivity contribution < 1.29 is 0 Å². The minimum Gasteiger partial charge on any atom is -0.397 e. The van der Waals surface area contributed by atoms with Crippen molar-refractivity contribution in [1.29, 1.82) is 0 Å². The maximum atomic E-state index is 5.91. The summed E-state index contributed by atoms with van der Waals surface area (Å²) in [6.45, 7) is 2.15. The Morgan fingerprint density at radius 3 is 2.80 bits per heavy atom. The van der Waals surface area contributed by atoms with Crippen LogP contribution in [0.1, 0.15) is 12.5 Å². The highest BCUT2D eigenvalue weighted by Crippen LogP contribution is 2.25. The zero-order valence-corrected chi connectivity index (χ0v) is 9.77. The van der Waals surface area contributed by atoms with Gasteiger partial charge in [-0.1, -0.05) is 13.0 Å². The van der Waals surface area contributed by atoms with E-state index in [2.05, 4.69) is 30.1 Å². The van der Waals surface area contributed by atoms with Gasteiger partial charge in [-0.05, 0) is 36.4 Å². The Labute approximate surface area is 93.9 Å². The molecule has 2 nitrogen and oxygen atoms in total. The highest BCUT2D eigenvalue weighted by atomic mass is 32.2. The van der Waals surface area contributed by atoms with E-state index in [0.29, 0.717) is 0 Å². The van der Waals surface area contributed by atoms with Crippen molar-refractivity contribution in [3.8, 4) is 0 Å². The van der Waals surface area contributed by atoms with Crippen molar-refractivity contribution in [1.82, 2.24) is 4.98 Å². The van der Waals surface area contributed by atoms with E-state index >= 15 is 0 Å². The van der Waals surface area contributed by atoms with E-state index in [1.165, 1.54) is 5.56 Å². The number of fused-ring (bicyclic) bond motifs is 1. The number of nitrogens with zero attached hydrogens (tertiary/aromatic N) is 1. The molecule has 1 aromatic heterocycles. The lowest BCUT2D eigenvalue weighted by Gasteiger charge is -2.05. The number of nitrogen functional groups attached to an aromatic ring is 1. The Morgan fingerprint density at radius 1 is 1.33 bits per heavy atom. The van der Waals surface area contributed by atoms with Crippen molar-refractivity contribution in [3.05, 3.63) is 29.8 Å². The average Bonchev–Trinajstić information content (AvgIpc) is 2.27. The summed E-state index contributed by atoms with van der Waals surface area (Å²) in [5, 5.41) is 2.04. The van der Waals surface area contributed by atoms with Crippen LogP contribution in [0.2, 0.25) is 0 Å². The SMILES string of the molecule is CCc1ccc2nc(SC)c(N)cc2c1. The maximum Gasteiger partial charge on any atom is 0.119 e. The van der Waals surface area contributed by atoms with Crippen molar-refractivity contribution in [3.63, 3.8) is 0 Å². The van der Waals surface area contributed by atoms with Crippen molar-refractivity contribution in [2.24, 2.45) is 0 Å². The number of anilines is 1. The molecule has 0 radical (unpaired) electrons. The van der Waals surface area contributed by atoms with Gasteiger partial charge in [0, 0.05) is 5.39 Å². The average molecular weight is 218 g/mol. The lowest BCUT2D eigenvalue weighted by Crippen LogP contribution is -1.93. The molecule has 3 heteroatoms. The zero-order chi connectivity index (χ0) is 10.8. The summed E-state index contributed by atoms with van der Waals surface area (Å²) in [5.41, 5.74) is 9.01. The standard InChI is InChI=1S/C12H14N2S/c1-3-8-4-5-11-9(6-8)7-10(13)12(14-11)15-2/h4-7H,3,13H2,1-2H3. The minimum atomic E-state index is 0.767. The molecule has 2 aromatic rings. The van der Waals surface area contributed by atoms with Crippen LogP contribution in [0.15, 0.2) is 29.3 Å². The van der Waals surface area contributed by atoms with Crippen LogP contribution in [0.4, 0.5) is 5.69 Å². The molecule has 2 N–H and O–H groups in total. The molecular formula is C12H14N2S. The summed E-state index contributed by atoms with van der Waals surface area (Å²) in [6.07, 6.45) is 3.03. The van der Waals surface area contributed by atoms with Gasteiger partial charge in [-0.15, -0.1) is 11.8 Å². The van der Waals surface area contributed by atoms with Gasteiger partial charge < -0.3 is 5.73 Å². The molecule has 0 atom stereocenters. The number of rotatable bonds is 2. The molecule has 0 aliphatic heterocycles. The Balaban J connectivity index is 2.65. The van der Waals surface area contributed by atoms with Crippen molar-refractivity contribution >= 4 is 28.4 Å². The summed E-state index contributed by atoms with van der Waals surface area (Å²) in [6, 6.07) is 8.35. The van der Waals surface area contributed by atoms with E-state index in [1.54, 1.807) is 11.8 Å². The molecule has 0 saturated heterocycles. The molecule has 0 aliphatic rings. The Bertz CT molecular complexity index is 494. The van der Waals surface area contributed by atoms with Crippen LogP contribution in [-0.4, -0.2) is 11.2 Å². The Morgan fingerprint density at radius 2 is 2.13 bits per heavy atom. The van der Waals surface area contributed by atoms with Gasteiger partial charge in [-0.25, -0.2) is 4.98 Å². The summed E-state index contributed by atoms with van der Waals surface area (Å²) in [5.74, 6) is 0. The second-order valence-corrected chi connectivity index (χ2v) is 4.26. The van der Waals surface area contributed by atoms with Gasteiger partial charge in [0.2, 0.25) is 0 Å². The molecule has 2 rings (SSSR count). The smallest absolute Gasteiger partial charge is 0.119 e. The molecule has 1 heterocycles. The van der Waals surface area contributed by atoms with E-state index in [1.807, 2.05) is 12.3 Å². The zero-order valence-electron chi connectivity index (χ0n) is 8.95. The van der Waals surface area contributed by atoms with Gasteiger partial charge in [-0.2, -0.15) is 0 Å². The fourth-order valence-corrected chi connectivity index (χ4v) is 2.09. The fourth-order valence-electron chi connectivity index (χ4n) is 1.61. The number of aryl methyl sites for hydroxylation is 1. The first-order valence-corrected chi connectivity index (χ1v) is 6.20. The van der Waals surface area contributed by atoms with Gasteiger partial charge in [-0.3, -0.25) is 0 Å².